The number of halogens is 1. The van der Waals surface area contributed by atoms with Crippen LogP contribution in [0.2, 0.25) is 0 Å². The fourth-order valence-corrected chi connectivity index (χ4v) is 4.40. The van der Waals surface area contributed by atoms with E-state index < -0.39 is 22.8 Å². The number of aromatic carboxylic acids is 1. The molecule has 0 bridgehead atoms. The number of carboxylic acid groups (broad SMARTS) is 1. The second-order valence-electron chi connectivity index (χ2n) is 7.62. The predicted octanol–water partition coefficient (Wildman–Crippen LogP) is 2.91. The Morgan fingerprint density at radius 3 is 2.66 bits per heavy atom. The van der Waals surface area contributed by atoms with Crippen molar-refractivity contribution in [2.45, 2.75) is 25.8 Å². The van der Waals surface area contributed by atoms with Gasteiger partial charge >= 0.3 is 5.97 Å². The lowest BCUT2D eigenvalue weighted by Crippen LogP contribution is -2.20. The number of para-hydroxylation sites is 1. The second-order valence-corrected chi connectivity index (χ2v) is 7.62. The monoisotopic (exact) mass is 417 g/mol. The van der Waals surface area contributed by atoms with Crippen molar-refractivity contribution in [2.24, 2.45) is 7.05 Å². The number of aryl methyl sites for hydroxylation is 1. The van der Waals surface area contributed by atoms with Crippen LogP contribution in [-0.4, -0.2) is 44.7 Å². The largest absolute Gasteiger partial charge is 0.506 e. The van der Waals surface area contributed by atoms with Crippen LogP contribution < -0.4 is 5.56 Å². The van der Waals surface area contributed by atoms with Gasteiger partial charge in [0.05, 0.1) is 11.2 Å². The van der Waals surface area contributed by atoms with Gasteiger partial charge in [0.15, 0.2) is 5.56 Å². The van der Waals surface area contributed by atoms with Gasteiger partial charge in [0, 0.05) is 35.8 Å². The van der Waals surface area contributed by atoms with Crippen molar-refractivity contribution in [1.82, 2.24) is 14.5 Å². The standard InChI is InChI=1S/C21H23N3O4.ClH/c1-23(2)10-11-6-4-7-12-15-14(24(3)18(11)12)9-5-8-13-17(15)22-20(26)16(19(13)25)21(27)28;/h4,6-7H,5,8-10H2,1-3H3,(H,27,28)(H2,22,25,26);1H. The molecule has 0 saturated heterocycles. The normalized spacial score (nSPS) is 13.0. The average molecular weight is 418 g/mol. The van der Waals surface area contributed by atoms with Gasteiger partial charge in [-0.2, -0.15) is 0 Å². The highest BCUT2D eigenvalue weighted by Crippen LogP contribution is 2.42. The van der Waals surface area contributed by atoms with E-state index in [9.17, 15) is 19.8 Å². The number of nitrogens with zero attached hydrogens (tertiary/aromatic N) is 2. The molecule has 1 aliphatic rings. The molecule has 3 N–H and O–H groups in total. The minimum atomic E-state index is -1.42. The van der Waals surface area contributed by atoms with E-state index in [4.69, 9.17) is 0 Å². The van der Waals surface area contributed by atoms with Gasteiger partial charge in [0.1, 0.15) is 5.75 Å². The number of carboxylic acids is 1. The summed E-state index contributed by atoms with van der Waals surface area (Å²) >= 11 is 0. The summed E-state index contributed by atoms with van der Waals surface area (Å²) in [6.07, 6.45) is 2.04. The van der Waals surface area contributed by atoms with Crippen LogP contribution in [0, 0.1) is 0 Å². The van der Waals surface area contributed by atoms with Crippen molar-refractivity contribution in [3.8, 4) is 17.0 Å². The van der Waals surface area contributed by atoms with Crippen LogP contribution >= 0.6 is 12.4 Å². The quantitative estimate of drug-likeness (QED) is 0.608. The first-order valence-corrected chi connectivity index (χ1v) is 9.27. The van der Waals surface area contributed by atoms with Crippen LogP contribution in [0.15, 0.2) is 23.0 Å². The Hall–Kier alpha value is -2.77. The van der Waals surface area contributed by atoms with Crippen LogP contribution in [0.4, 0.5) is 0 Å². The number of H-pyrrole nitrogens is 1. The lowest BCUT2D eigenvalue weighted by Gasteiger charge is -2.13. The van der Waals surface area contributed by atoms with E-state index in [2.05, 4.69) is 20.5 Å². The Morgan fingerprint density at radius 1 is 1.28 bits per heavy atom. The van der Waals surface area contributed by atoms with Crippen molar-refractivity contribution >= 4 is 29.3 Å². The number of hydrogen-bond donors (Lipinski definition) is 3. The van der Waals surface area contributed by atoms with Crippen LogP contribution in [0.1, 0.15) is 33.6 Å². The molecule has 2 aromatic heterocycles. The number of rotatable bonds is 3. The molecule has 154 valence electrons. The molecule has 0 aliphatic heterocycles. The van der Waals surface area contributed by atoms with Gasteiger partial charge < -0.3 is 24.7 Å². The van der Waals surface area contributed by atoms with Gasteiger partial charge in [-0.15, -0.1) is 12.4 Å². The number of aromatic amines is 1. The molecule has 0 saturated carbocycles. The smallest absolute Gasteiger partial charge is 0.345 e. The highest BCUT2D eigenvalue weighted by Gasteiger charge is 2.29. The first-order chi connectivity index (χ1) is 13.3. The fraction of sp³-hybridized carbons (Fsp3) is 0.333. The summed E-state index contributed by atoms with van der Waals surface area (Å²) < 4.78 is 2.17. The molecule has 3 aromatic rings. The molecular weight excluding hydrogens is 394 g/mol. The third kappa shape index (κ3) is 3.20. The zero-order valence-corrected chi connectivity index (χ0v) is 17.4. The van der Waals surface area contributed by atoms with Crippen LogP contribution in [-0.2, 0) is 26.4 Å². The van der Waals surface area contributed by atoms with Crippen molar-refractivity contribution < 1.29 is 15.0 Å². The molecule has 1 aromatic carbocycles. The van der Waals surface area contributed by atoms with E-state index in [1.807, 2.05) is 33.3 Å². The molecule has 0 radical (unpaired) electrons. The maximum Gasteiger partial charge on any atom is 0.345 e. The van der Waals surface area contributed by atoms with Crippen LogP contribution in [0.25, 0.3) is 22.2 Å². The van der Waals surface area contributed by atoms with Crippen molar-refractivity contribution in [3.63, 3.8) is 0 Å². The van der Waals surface area contributed by atoms with Gasteiger partial charge in [0.25, 0.3) is 5.56 Å². The third-order valence-electron chi connectivity index (χ3n) is 5.50. The summed E-state index contributed by atoms with van der Waals surface area (Å²) in [5, 5.41) is 20.9. The van der Waals surface area contributed by atoms with E-state index in [1.165, 1.54) is 5.56 Å². The summed E-state index contributed by atoms with van der Waals surface area (Å²) in [7, 11) is 6.06. The highest BCUT2D eigenvalue weighted by molar-refractivity contribution is 6.01. The molecule has 29 heavy (non-hydrogen) atoms. The van der Waals surface area contributed by atoms with Gasteiger partial charge in [-0.25, -0.2) is 4.79 Å². The zero-order valence-electron chi connectivity index (χ0n) is 16.6. The Balaban J connectivity index is 0.00000240. The van der Waals surface area contributed by atoms with Gasteiger partial charge in [0.2, 0.25) is 0 Å². The number of benzene rings is 1. The molecule has 0 atom stereocenters. The molecular formula is C21H24ClN3O4. The molecule has 0 fully saturated rings. The van der Waals surface area contributed by atoms with Gasteiger partial charge in [-0.3, -0.25) is 4.79 Å². The lowest BCUT2D eigenvalue weighted by molar-refractivity contribution is 0.0691. The number of aromatic nitrogens is 2. The molecule has 0 amide bonds. The van der Waals surface area contributed by atoms with E-state index in [1.54, 1.807) is 0 Å². The summed E-state index contributed by atoms with van der Waals surface area (Å²) in [5.41, 5.74) is 3.90. The SMILES string of the molecule is CN(C)Cc1cccc2c3c(n(C)c12)CCCc1c-3[nH]c(=O)c(C(=O)O)c1O.Cl. The fourth-order valence-electron chi connectivity index (χ4n) is 4.40. The van der Waals surface area contributed by atoms with Gasteiger partial charge in [-0.1, -0.05) is 18.2 Å². The van der Waals surface area contributed by atoms with E-state index in [-0.39, 0.29) is 12.4 Å². The number of nitrogens with one attached hydrogen (secondary N) is 1. The molecule has 2 heterocycles. The number of aromatic hydroxyl groups is 1. The number of fused-ring (bicyclic) bond motifs is 5. The molecule has 4 rings (SSSR count). The Bertz CT molecular complexity index is 1180. The maximum absolute atomic E-state index is 12.4. The molecule has 8 heteroatoms. The maximum atomic E-state index is 12.4. The number of pyridine rings is 1. The molecule has 0 spiro atoms. The first kappa shape index (κ1) is 21.0. The lowest BCUT2D eigenvalue weighted by atomic mass is 9.99. The molecule has 7 nitrogen and oxygen atoms in total. The number of hydrogen-bond acceptors (Lipinski definition) is 4. The summed E-state index contributed by atoms with van der Waals surface area (Å²) in [4.78, 5) is 28.7. The predicted molar refractivity (Wildman–Crippen MR) is 114 cm³/mol. The second kappa shape index (κ2) is 7.57. The van der Waals surface area contributed by atoms with Crippen LogP contribution in [0.5, 0.6) is 5.75 Å². The van der Waals surface area contributed by atoms with E-state index in [0.29, 0.717) is 17.7 Å². The zero-order chi connectivity index (χ0) is 20.2. The minimum Gasteiger partial charge on any atom is -0.506 e. The Labute approximate surface area is 174 Å². The van der Waals surface area contributed by atoms with Crippen LogP contribution in [0.3, 0.4) is 0 Å². The topological polar surface area (TPSA) is 98.6 Å². The summed E-state index contributed by atoms with van der Waals surface area (Å²) in [6.45, 7) is 0.778. The van der Waals surface area contributed by atoms with E-state index >= 15 is 0 Å². The average Bonchev–Trinajstić information content (AvgIpc) is 2.77. The third-order valence-corrected chi connectivity index (χ3v) is 5.50. The Kier molecular flexibility index (Phi) is 5.47. The van der Waals surface area contributed by atoms with E-state index in [0.717, 1.165) is 41.5 Å². The van der Waals surface area contributed by atoms with Gasteiger partial charge in [-0.05, 0) is 38.9 Å². The van der Waals surface area contributed by atoms with Crippen molar-refractivity contribution in [2.75, 3.05) is 14.1 Å². The highest BCUT2D eigenvalue weighted by atomic mass is 35.5. The number of carbonyl (C=O) groups is 1. The Morgan fingerprint density at radius 2 is 2.00 bits per heavy atom. The summed E-state index contributed by atoms with van der Waals surface area (Å²) in [5.74, 6) is -1.84. The minimum absolute atomic E-state index is 0. The van der Waals surface area contributed by atoms with Crippen molar-refractivity contribution in [1.29, 1.82) is 0 Å². The molecule has 1 aliphatic carbocycles. The molecule has 0 unspecified atom stereocenters. The summed E-state index contributed by atoms with van der Waals surface area (Å²) in [6, 6.07) is 6.11. The first-order valence-electron chi connectivity index (χ1n) is 9.27. The van der Waals surface area contributed by atoms with Crippen molar-refractivity contribution in [3.05, 3.63) is 50.9 Å².